The van der Waals surface area contributed by atoms with Gasteiger partial charge in [-0.2, -0.15) is 23.4 Å². The molecule has 0 aliphatic carbocycles. The first-order chi connectivity index (χ1) is 21.6. The Kier molecular flexibility index (Phi) is 8.80. The predicted octanol–water partition coefficient (Wildman–Crippen LogP) is 6.11. The van der Waals surface area contributed by atoms with Gasteiger partial charge in [-0.05, 0) is 48.7 Å². The number of benzene rings is 2. The standard InChI is InChI=1S/C29H24N8O.C2HF3O2/c1-20-17-27(35-34-20)33-25-11-6-16-36-24(19-30-28(25)36)13-12-21-7-5-10-23(18-21)32-29(38)37-26(14-15-31-37)22-8-3-2-4-9-22;3-2(4,5)1(6)7/h2-11,15-19,26H,14H2,1H3,(H,32,38)(H2,33,34,35);(H,6,7). The number of alkyl halides is 3. The van der Waals surface area contributed by atoms with Crippen molar-refractivity contribution in [3.8, 4) is 11.8 Å². The largest absolute Gasteiger partial charge is 0.490 e. The molecule has 228 valence electrons. The summed E-state index contributed by atoms with van der Waals surface area (Å²) in [6.45, 7) is 1.95. The zero-order chi connectivity index (χ0) is 32.0. The highest BCUT2D eigenvalue weighted by Gasteiger charge is 2.38. The molecule has 3 aromatic heterocycles. The second-order valence-electron chi connectivity index (χ2n) is 9.69. The van der Waals surface area contributed by atoms with Crippen LogP contribution in [0.15, 0.2) is 90.3 Å². The summed E-state index contributed by atoms with van der Waals surface area (Å²) >= 11 is 0. The van der Waals surface area contributed by atoms with Crippen LogP contribution in [0.4, 0.5) is 35.2 Å². The first kappa shape index (κ1) is 30.4. The van der Waals surface area contributed by atoms with Gasteiger partial charge in [0.25, 0.3) is 0 Å². The molecule has 6 rings (SSSR count). The quantitative estimate of drug-likeness (QED) is 0.180. The third kappa shape index (κ3) is 7.46. The summed E-state index contributed by atoms with van der Waals surface area (Å²) in [6.07, 6.45) is 1.03. The van der Waals surface area contributed by atoms with E-state index in [0.717, 1.165) is 39.7 Å². The van der Waals surface area contributed by atoms with Crippen LogP contribution in [0.25, 0.3) is 5.65 Å². The van der Waals surface area contributed by atoms with Crippen molar-refractivity contribution in [1.29, 1.82) is 0 Å². The zero-order valence-electron chi connectivity index (χ0n) is 23.6. The summed E-state index contributed by atoms with van der Waals surface area (Å²) in [6, 6.07) is 22.8. The van der Waals surface area contributed by atoms with Gasteiger partial charge in [-0.1, -0.05) is 42.3 Å². The van der Waals surface area contributed by atoms with Gasteiger partial charge in [0.15, 0.2) is 11.5 Å². The Morgan fingerprint density at radius 2 is 1.82 bits per heavy atom. The number of nitrogens with one attached hydrogen (secondary N) is 3. The van der Waals surface area contributed by atoms with Crippen molar-refractivity contribution >= 4 is 41.1 Å². The van der Waals surface area contributed by atoms with Gasteiger partial charge in [0.05, 0.1) is 17.9 Å². The molecule has 2 aromatic carbocycles. The molecule has 2 amide bonds. The molecule has 1 aliphatic heterocycles. The van der Waals surface area contributed by atoms with Crippen LogP contribution in [0.1, 0.15) is 35.0 Å². The van der Waals surface area contributed by atoms with Gasteiger partial charge < -0.3 is 15.7 Å². The summed E-state index contributed by atoms with van der Waals surface area (Å²) in [5.41, 5.74) is 5.75. The Hall–Kier alpha value is -6.10. The monoisotopic (exact) mass is 614 g/mol. The molecule has 1 atom stereocenters. The van der Waals surface area contributed by atoms with E-state index < -0.39 is 12.1 Å². The molecule has 0 fully saturated rings. The van der Waals surface area contributed by atoms with E-state index in [0.29, 0.717) is 12.1 Å². The second-order valence-corrected chi connectivity index (χ2v) is 9.69. The van der Waals surface area contributed by atoms with Gasteiger partial charge in [-0.15, -0.1) is 0 Å². The van der Waals surface area contributed by atoms with E-state index in [1.54, 1.807) is 12.4 Å². The highest BCUT2D eigenvalue weighted by atomic mass is 19.4. The van der Waals surface area contributed by atoms with Crippen molar-refractivity contribution in [3.05, 3.63) is 108 Å². The lowest BCUT2D eigenvalue weighted by atomic mass is 10.1. The number of anilines is 3. The number of aromatic amines is 1. The number of hydrazone groups is 1. The van der Waals surface area contributed by atoms with E-state index in [9.17, 15) is 18.0 Å². The highest BCUT2D eigenvalue weighted by Crippen LogP contribution is 2.28. The van der Waals surface area contributed by atoms with Gasteiger partial charge in [0.1, 0.15) is 5.69 Å². The van der Waals surface area contributed by atoms with Crippen molar-refractivity contribution in [2.24, 2.45) is 5.10 Å². The summed E-state index contributed by atoms with van der Waals surface area (Å²) in [5, 5.41) is 26.3. The van der Waals surface area contributed by atoms with E-state index in [2.05, 4.69) is 42.8 Å². The summed E-state index contributed by atoms with van der Waals surface area (Å²) in [5.74, 6) is 4.35. The van der Waals surface area contributed by atoms with Crippen LogP contribution in [0.2, 0.25) is 0 Å². The number of carboxylic acid groups (broad SMARTS) is 1. The molecule has 5 aromatic rings. The van der Waals surface area contributed by atoms with Gasteiger partial charge in [0.2, 0.25) is 0 Å². The Labute approximate surface area is 254 Å². The number of aliphatic carboxylic acids is 1. The molecule has 11 nitrogen and oxygen atoms in total. The number of carbonyl (C=O) groups is 2. The Morgan fingerprint density at radius 1 is 1.04 bits per heavy atom. The summed E-state index contributed by atoms with van der Waals surface area (Å²) in [7, 11) is 0. The highest BCUT2D eigenvalue weighted by molar-refractivity contribution is 5.91. The molecule has 45 heavy (non-hydrogen) atoms. The third-order valence-electron chi connectivity index (χ3n) is 6.42. The number of nitrogens with zero attached hydrogens (tertiary/aromatic N) is 5. The lowest BCUT2D eigenvalue weighted by molar-refractivity contribution is -0.192. The van der Waals surface area contributed by atoms with Crippen molar-refractivity contribution in [1.82, 2.24) is 24.6 Å². The number of imidazole rings is 1. The van der Waals surface area contributed by atoms with E-state index in [1.807, 2.05) is 90.3 Å². The van der Waals surface area contributed by atoms with Crippen LogP contribution in [-0.4, -0.2) is 54.1 Å². The normalized spacial score (nSPS) is 13.9. The molecular formula is C31H25F3N8O3. The number of rotatable bonds is 4. The first-order valence-electron chi connectivity index (χ1n) is 13.4. The summed E-state index contributed by atoms with van der Waals surface area (Å²) in [4.78, 5) is 26.5. The number of pyridine rings is 1. The van der Waals surface area contributed by atoms with Gasteiger partial charge in [-0.25, -0.2) is 19.6 Å². The zero-order valence-corrected chi connectivity index (χ0v) is 23.6. The molecule has 0 saturated carbocycles. The van der Waals surface area contributed by atoms with Gasteiger partial charge in [0, 0.05) is 41.8 Å². The topological polar surface area (TPSA) is 140 Å². The minimum absolute atomic E-state index is 0.120. The Morgan fingerprint density at radius 3 is 2.53 bits per heavy atom. The molecular weight excluding hydrogens is 589 g/mol. The van der Waals surface area contributed by atoms with E-state index in [-0.39, 0.29) is 12.1 Å². The number of hydrogen-bond acceptors (Lipinski definition) is 6. The minimum Gasteiger partial charge on any atom is -0.475 e. The molecule has 0 radical (unpaired) electrons. The number of fused-ring (bicyclic) bond motifs is 1. The Balaban J connectivity index is 0.000000515. The van der Waals surface area contributed by atoms with Crippen molar-refractivity contribution < 1.29 is 27.9 Å². The van der Waals surface area contributed by atoms with Crippen molar-refractivity contribution in [3.63, 3.8) is 0 Å². The molecule has 14 heteroatoms. The molecule has 4 heterocycles. The predicted molar refractivity (Wildman–Crippen MR) is 161 cm³/mol. The molecule has 0 spiro atoms. The maximum Gasteiger partial charge on any atom is 0.490 e. The SMILES string of the molecule is Cc1cc(Nc2cccn3c(C#Cc4cccc(NC(=O)N5N=CCC5c5ccccc5)c4)cnc23)n[nH]1.O=C(O)C(F)(F)F. The lowest BCUT2D eigenvalue weighted by Crippen LogP contribution is -2.31. The van der Waals surface area contributed by atoms with Crippen LogP contribution in [0.5, 0.6) is 0 Å². The van der Waals surface area contributed by atoms with Crippen molar-refractivity contribution in [2.45, 2.75) is 25.6 Å². The number of carboxylic acids is 1. The maximum atomic E-state index is 13.0. The van der Waals surface area contributed by atoms with E-state index in [4.69, 9.17) is 9.90 Å². The molecule has 0 saturated heterocycles. The lowest BCUT2D eigenvalue weighted by Gasteiger charge is -2.22. The number of H-pyrrole nitrogens is 1. The third-order valence-corrected chi connectivity index (χ3v) is 6.42. The number of amides is 2. The van der Waals surface area contributed by atoms with Crippen LogP contribution in [0.3, 0.4) is 0 Å². The average Bonchev–Trinajstić information content (AvgIpc) is 3.77. The number of carbonyl (C=O) groups excluding carboxylic acids is 1. The van der Waals surface area contributed by atoms with Crippen LogP contribution in [-0.2, 0) is 4.79 Å². The molecule has 0 bridgehead atoms. The van der Waals surface area contributed by atoms with E-state index >= 15 is 0 Å². The van der Waals surface area contributed by atoms with Crippen LogP contribution in [0, 0.1) is 18.8 Å². The van der Waals surface area contributed by atoms with Gasteiger partial charge in [-0.3, -0.25) is 9.50 Å². The van der Waals surface area contributed by atoms with Gasteiger partial charge >= 0.3 is 18.2 Å². The second kappa shape index (κ2) is 13.0. The van der Waals surface area contributed by atoms with Crippen molar-refractivity contribution in [2.75, 3.05) is 10.6 Å². The fraction of sp³-hybridized carbons (Fsp3) is 0.129. The number of aromatic nitrogens is 4. The molecule has 1 unspecified atom stereocenters. The summed E-state index contributed by atoms with van der Waals surface area (Å²) < 4.78 is 33.7. The molecule has 1 aliphatic rings. The molecule has 4 N–H and O–H groups in total. The average molecular weight is 615 g/mol. The number of aryl methyl sites for hydroxylation is 1. The van der Waals surface area contributed by atoms with E-state index in [1.165, 1.54) is 5.01 Å². The Bertz CT molecular complexity index is 1920. The van der Waals surface area contributed by atoms with Crippen LogP contribution >= 0.6 is 0 Å². The smallest absolute Gasteiger partial charge is 0.475 e. The number of halogens is 3. The minimum atomic E-state index is -5.08. The van der Waals surface area contributed by atoms with Crippen LogP contribution < -0.4 is 10.6 Å². The fourth-order valence-electron chi connectivity index (χ4n) is 4.37. The maximum absolute atomic E-state index is 13.0. The number of urea groups is 1. The number of hydrogen-bond donors (Lipinski definition) is 4. The first-order valence-corrected chi connectivity index (χ1v) is 13.4. The fourth-order valence-corrected chi connectivity index (χ4v) is 4.37.